The largest absolute Gasteiger partial charge is 0.294 e. The van der Waals surface area contributed by atoms with Crippen LogP contribution in [0.5, 0.6) is 0 Å². The number of benzene rings is 1. The molecule has 0 fully saturated rings. The molecular weight excluding hydrogens is 231 g/mol. The van der Waals surface area contributed by atoms with Gasteiger partial charge in [-0.15, -0.1) is 0 Å². The molecule has 0 aromatic heterocycles. The Labute approximate surface area is 89.5 Å². The van der Waals surface area contributed by atoms with E-state index in [1.165, 1.54) is 7.11 Å². The molecule has 72 valence electrons. The summed E-state index contributed by atoms with van der Waals surface area (Å²) in [6.45, 7) is 0. The van der Waals surface area contributed by atoms with Gasteiger partial charge in [-0.3, -0.25) is 4.18 Å². The van der Waals surface area contributed by atoms with Crippen molar-refractivity contribution < 1.29 is 8.39 Å². The van der Waals surface area contributed by atoms with Crippen LogP contribution in [0, 0.1) is 0 Å². The quantitative estimate of drug-likeness (QED) is 0.810. The Hall–Kier alpha value is -0.0900. The Morgan fingerprint density at radius 2 is 2.08 bits per heavy atom. The molecule has 1 atom stereocenters. The van der Waals surface area contributed by atoms with E-state index in [0.717, 1.165) is 5.56 Å². The molecule has 0 heterocycles. The second-order valence-corrected chi connectivity index (χ2v) is 4.41. The molecule has 0 radical (unpaired) electrons. The van der Waals surface area contributed by atoms with Crippen LogP contribution < -0.4 is 0 Å². The van der Waals surface area contributed by atoms with E-state index in [9.17, 15) is 4.21 Å². The van der Waals surface area contributed by atoms with Gasteiger partial charge in [-0.05, 0) is 17.7 Å². The highest BCUT2D eigenvalue weighted by Gasteiger charge is 2.03. The van der Waals surface area contributed by atoms with E-state index >= 15 is 0 Å². The predicted molar refractivity (Wildman–Crippen MR) is 55.3 cm³/mol. The minimum absolute atomic E-state index is 0.327. The van der Waals surface area contributed by atoms with Gasteiger partial charge in [0.1, 0.15) is 0 Å². The summed E-state index contributed by atoms with van der Waals surface area (Å²) >= 11 is 10.2. The van der Waals surface area contributed by atoms with Gasteiger partial charge in [-0.1, -0.05) is 29.3 Å². The second-order valence-electron chi connectivity index (χ2n) is 2.36. The van der Waals surface area contributed by atoms with Crippen molar-refractivity contribution >= 4 is 34.3 Å². The van der Waals surface area contributed by atoms with Gasteiger partial charge in [0.05, 0.1) is 22.9 Å². The molecule has 1 rings (SSSR count). The first-order valence-electron chi connectivity index (χ1n) is 3.50. The van der Waals surface area contributed by atoms with Gasteiger partial charge in [0.2, 0.25) is 0 Å². The summed E-state index contributed by atoms with van der Waals surface area (Å²) in [4.78, 5) is 0. The Morgan fingerprint density at radius 3 is 2.62 bits per heavy atom. The van der Waals surface area contributed by atoms with Gasteiger partial charge < -0.3 is 0 Å². The first kappa shape index (κ1) is 11.0. The molecule has 0 amide bonds. The molecule has 0 N–H and O–H groups in total. The highest BCUT2D eigenvalue weighted by molar-refractivity contribution is 7.79. The Kier molecular flexibility index (Phi) is 4.19. The van der Waals surface area contributed by atoms with Crippen LogP contribution in [0.25, 0.3) is 0 Å². The zero-order chi connectivity index (χ0) is 9.84. The Morgan fingerprint density at radius 1 is 1.38 bits per heavy atom. The molecule has 0 aliphatic heterocycles. The number of hydrogen-bond acceptors (Lipinski definition) is 2. The smallest absolute Gasteiger partial charge is 0.159 e. The van der Waals surface area contributed by atoms with Gasteiger partial charge in [-0.25, -0.2) is 4.21 Å². The lowest BCUT2D eigenvalue weighted by Crippen LogP contribution is -1.96. The molecule has 0 aliphatic carbocycles. The van der Waals surface area contributed by atoms with Crippen molar-refractivity contribution in [2.24, 2.45) is 0 Å². The van der Waals surface area contributed by atoms with Crippen molar-refractivity contribution in [3.05, 3.63) is 33.8 Å². The minimum atomic E-state index is -1.29. The summed E-state index contributed by atoms with van der Waals surface area (Å²) in [7, 11) is 1.40. The molecule has 2 nitrogen and oxygen atoms in total. The van der Waals surface area contributed by atoms with Gasteiger partial charge in [0, 0.05) is 0 Å². The summed E-state index contributed by atoms with van der Waals surface area (Å²) in [5, 5.41) is 0.959. The van der Waals surface area contributed by atoms with E-state index in [1.54, 1.807) is 18.2 Å². The maximum absolute atomic E-state index is 11.0. The van der Waals surface area contributed by atoms with Crippen LogP contribution in [0.1, 0.15) is 5.56 Å². The number of hydrogen-bond donors (Lipinski definition) is 0. The van der Waals surface area contributed by atoms with Crippen LogP contribution in [-0.2, 0) is 21.0 Å². The average molecular weight is 239 g/mol. The third-order valence-corrected chi connectivity index (χ3v) is 3.13. The maximum Gasteiger partial charge on any atom is 0.159 e. The lowest BCUT2D eigenvalue weighted by atomic mass is 10.2. The van der Waals surface area contributed by atoms with Gasteiger partial charge in [0.15, 0.2) is 11.1 Å². The molecule has 0 bridgehead atoms. The highest BCUT2D eigenvalue weighted by Crippen LogP contribution is 2.23. The van der Waals surface area contributed by atoms with E-state index in [4.69, 9.17) is 23.2 Å². The van der Waals surface area contributed by atoms with E-state index in [-0.39, 0.29) is 0 Å². The highest BCUT2D eigenvalue weighted by atomic mass is 35.5. The molecule has 0 spiro atoms. The normalized spacial score (nSPS) is 12.8. The van der Waals surface area contributed by atoms with Crippen LogP contribution >= 0.6 is 23.2 Å². The number of rotatable bonds is 3. The van der Waals surface area contributed by atoms with Crippen LogP contribution in [0.2, 0.25) is 10.0 Å². The van der Waals surface area contributed by atoms with Gasteiger partial charge in [-0.2, -0.15) is 0 Å². The van der Waals surface area contributed by atoms with Crippen LogP contribution in [-0.4, -0.2) is 11.3 Å². The van der Waals surface area contributed by atoms with E-state index in [2.05, 4.69) is 4.18 Å². The summed E-state index contributed by atoms with van der Waals surface area (Å²) < 4.78 is 15.6. The van der Waals surface area contributed by atoms with E-state index in [0.29, 0.717) is 15.8 Å². The Bertz CT molecular complexity index is 328. The van der Waals surface area contributed by atoms with Gasteiger partial charge >= 0.3 is 0 Å². The topological polar surface area (TPSA) is 26.3 Å². The molecule has 1 aromatic rings. The summed E-state index contributed by atoms with van der Waals surface area (Å²) in [5.74, 6) is 0.327. The summed E-state index contributed by atoms with van der Waals surface area (Å²) in [6.07, 6.45) is 0. The first-order chi connectivity index (χ1) is 6.13. The van der Waals surface area contributed by atoms with Crippen molar-refractivity contribution in [2.75, 3.05) is 7.11 Å². The molecular formula is C8H8Cl2O2S. The average Bonchev–Trinajstić information content (AvgIpc) is 2.11. The molecule has 5 heteroatoms. The molecule has 1 aromatic carbocycles. The fourth-order valence-corrected chi connectivity index (χ4v) is 1.71. The predicted octanol–water partition coefficient (Wildman–Crippen LogP) is 2.80. The maximum atomic E-state index is 11.0. The lowest BCUT2D eigenvalue weighted by Gasteiger charge is -2.01. The lowest BCUT2D eigenvalue weighted by molar-refractivity contribution is 0.445. The third-order valence-electron chi connectivity index (χ3n) is 1.45. The van der Waals surface area contributed by atoms with Crippen molar-refractivity contribution in [1.82, 2.24) is 0 Å². The first-order valence-corrected chi connectivity index (χ1v) is 5.50. The SMILES string of the molecule is COS(=O)Cc1ccc(Cl)c(Cl)c1. The molecule has 0 saturated carbocycles. The monoisotopic (exact) mass is 238 g/mol. The zero-order valence-corrected chi connectivity index (χ0v) is 9.25. The summed E-state index contributed by atoms with van der Waals surface area (Å²) in [5.41, 5.74) is 0.842. The van der Waals surface area contributed by atoms with E-state index in [1.807, 2.05) is 0 Å². The Balaban J connectivity index is 2.79. The minimum Gasteiger partial charge on any atom is -0.294 e. The van der Waals surface area contributed by atoms with Crippen molar-refractivity contribution in [2.45, 2.75) is 5.75 Å². The molecule has 1 unspecified atom stereocenters. The molecule has 0 saturated heterocycles. The zero-order valence-electron chi connectivity index (χ0n) is 6.92. The van der Waals surface area contributed by atoms with Crippen molar-refractivity contribution in [1.29, 1.82) is 0 Å². The van der Waals surface area contributed by atoms with Crippen LogP contribution in [0.3, 0.4) is 0 Å². The second kappa shape index (κ2) is 4.96. The third kappa shape index (κ3) is 3.27. The fraction of sp³-hybridized carbons (Fsp3) is 0.250. The van der Waals surface area contributed by atoms with Crippen LogP contribution in [0.15, 0.2) is 18.2 Å². The van der Waals surface area contributed by atoms with Crippen molar-refractivity contribution in [3.8, 4) is 0 Å². The van der Waals surface area contributed by atoms with E-state index < -0.39 is 11.1 Å². The molecule has 0 aliphatic rings. The van der Waals surface area contributed by atoms with Crippen molar-refractivity contribution in [3.63, 3.8) is 0 Å². The summed E-state index contributed by atoms with van der Waals surface area (Å²) in [6, 6.07) is 5.12. The fourth-order valence-electron chi connectivity index (χ4n) is 0.824. The van der Waals surface area contributed by atoms with Crippen LogP contribution in [0.4, 0.5) is 0 Å². The standard InChI is InChI=1S/C8H8Cl2O2S/c1-12-13(11)5-6-2-3-7(9)8(10)4-6/h2-4H,5H2,1H3. The number of halogens is 2. The molecule has 13 heavy (non-hydrogen) atoms. The van der Waals surface area contributed by atoms with Gasteiger partial charge in [0.25, 0.3) is 0 Å².